The van der Waals surface area contributed by atoms with E-state index in [1.54, 1.807) is 18.3 Å². The first-order valence-corrected chi connectivity index (χ1v) is 11.6. The number of aryl methyl sites for hydroxylation is 2. The van der Waals surface area contributed by atoms with Gasteiger partial charge in [-0.25, -0.2) is 8.42 Å². The third-order valence-electron chi connectivity index (χ3n) is 4.12. The number of amides is 1. The number of nitrogens with one attached hydrogen (secondary N) is 1. The van der Waals surface area contributed by atoms with E-state index in [0.29, 0.717) is 12.8 Å². The van der Waals surface area contributed by atoms with Gasteiger partial charge in [-0.1, -0.05) is 29.8 Å². The van der Waals surface area contributed by atoms with E-state index >= 15 is 0 Å². The lowest BCUT2D eigenvalue weighted by Crippen LogP contribution is -2.38. The summed E-state index contributed by atoms with van der Waals surface area (Å²) in [5.41, 5.74) is 1.89. The molecular weight excluding hydrogens is 422 g/mol. The highest BCUT2D eigenvalue weighted by atomic mass is 79.9. The maximum absolute atomic E-state index is 12.4. The average Bonchev–Trinajstić information content (AvgIpc) is 2.95. The molecule has 2 atom stereocenters. The number of carbonyl (C=O) groups excluding carboxylic acids is 1. The van der Waals surface area contributed by atoms with Gasteiger partial charge in [0.05, 0.1) is 11.3 Å². The van der Waals surface area contributed by atoms with Crippen LogP contribution in [0.15, 0.2) is 40.2 Å². The highest BCUT2D eigenvalue weighted by molar-refractivity contribution is 9.10. The zero-order valence-corrected chi connectivity index (χ0v) is 17.7. The molecule has 0 spiro atoms. The summed E-state index contributed by atoms with van der Waals surface area (Å²) >= 11 is 5.00. The molecule has 0 aliphatic rings. The summed E-state index contributed by atoms with van der Waals surface area (Å²) in [6, 6.07) is 9.03. The predicted octanol–water partition coefficient (Wildman–Crippen LogP) is 4.04. The first-order chi connectivity index (χ1) is 11.7. The highest BCUT2D eigenvalue weighted by Gasteiger charge is 2.28. The van der Waals surface area contributed by atoms with Gasteiger partial charge >= 0.3 is 0 Å². The minimum Gasteiger partial charge on any atom is -0.348 e. The van der Waals surface area contributed by atoms with Gasteiger partial charge < -0.3 is 5.32 Å². The van der Waals surface area contributed by atoms with Crippen LogP contribution in [0, 0.1) is 6.92 Å². The van der Waals surface area contributed by atoms with Crippen molar-refractivity contribution in [3.8, 4) is 0 Å². The van der Waals surface area contributed by atoms with Gasteiger partial charge in [-0.3, -0.25) is 4.79 Å². The Balaban J connectivity index is 2.12. The Morgan fingerprint density at radius 2 is 1.92 bits per heavy atom. The molecule has 0 saturated heterocycles. The molecule has 1 N–H and O–H groups in total. The minimum atomic E-state index is -3.29. The molecule has 1 aromatic heterocycles. The van der Waals surface area contributed by atoms with Crippen molar-refractivity contribution in [1.82, 2.24) is 5.32 Å². The molecule has 1 heterocycles. The van der Waals surface area contributed by atoms with Crippen molar-refractivity contribution >= 4 is 43.0 Å². The van der Waals surface area contributed by atoms with Crippen molar-refractivity contribution in [1.29, 1.82) is 0 Å². The monoisotopic (exact) mass is 443 g/mol. The maximum atomic E-state index is 12.4. The van der Waals surface area contributed by atoms with Gasteiger partial charge in [0.1, 0.15) is 0 Å². The molecule has 2 aromatic rings. The number of benzene rings is 1. The number of hydrogen-bond acceptors (Lipinski definition) is 4. The second kappa shape index (κ2) is 8.47. The minimum absolute atomic E-state index is 0.148. The lowest BCUT2D eigenvalue weighted by molar-refractivity contribution is -0.121. The van der Waals surface area contributed by atoms with Gasteiger partial charge in [0.25, 0.3) is 0 Å². The van der Waals surface area contributed by atoms with E-state index in [4.69, 9.17) is 0 Å². The van der Waals surface area contributed by atoms with Crippen LogP contribution in [0.3, 0.4) is 0 Å². The zero-order chi connectivity index (χ0) is 18.6. The Bertz CT molecular complexity index is 828. The van der Waals surface area contributed by atoms with Crippen LogP contribution in [-0.4, -0.2) is 25.8 Å². The van der Waals surface area contributed by atoms with E-state index in [2.05, 4.69) is 21.2 Å². The Labute approximate surface area is 161 Å². The van der Waals surface area contributed by atoms with Crippen LogP contribution in [0.4, 0.5) is 0 Å². The molecular formula is C18H22BrNO3S2. The molecule has 0 aliphatic carbocycles. The molecule has 0 bridgehead atoms. The first-order valence-electron chi connectivity index (χ1n) is 7.94. The normalized spacial score (nSPS) is 14.1. The Kier molecular flexibility index (Phi) is 6.82. The molecule has 0 aliphatic heterocycles. The second-order valence-corrected chi connectivity index (χ2v) is 10.5. The summed E-state index contributed by atoms with van der Waals surface area (Å²) < 4.78 is 25.1. The van der Waals surface area contributed by atoms with Crippen molar-refractivity contribution in [3.05, 3.63) is 56.2 Å². The highest BCUT2D eigenvalue weighted by Crippen LogP contribution is 2.24. The Morgan fingerprint density at radius 3 is 2.44 bits per heavy atom. The SMILES string of the molecule is Cc1ccc([C@H](NC(=O)CCc2cc(Br)cs2)[C@H](C)S(C)(=O)=O)cc1. The van der Waals surface area contributed by atoms with E-state index in [0.717, 1.165) is 20.5 Å². The number of rotatable bonds is 7. The predicted molar refractivity (Wildman–Crippen MR) is 107 cm³/mol. The number of carbonyl (C=O) groups is 1. The van der Waals surface area contributed by atoms with Crippen LogP contribution < -0.4 is 5.32 Å². The van der Waals surface area contributed by atoms with Crippen molar-refractivity contribution in [2.24, 2.45) is 0 Å². The van der Waals surface area contributed by atoms with Gasteiger partial charge in [-0.2, -0.15) is 0 Å². The van der Waals surface area contributed by atoms with Crippen molar-refractivity contribution in [3.63, 3.8) is 0 Å². The fourth-order valence-corrected chi connectivity index (χ4v) is 4.63. The summed E-state index contributed by atoms with van der Waals surface area (Å²) in [6.07, 6.45) is 2.16. The Hall–Kier alpha value is -1.18. The maximum Gasteiger partial charge on any atom is 0.220 e. The topological polar surface area (TPSA) is 63.2 Å². The molecule has 4 nitrogen and oxygen atoms in total. The number of halogens is 1. The summed E-state index contributed by atoms with van der Waals surface area (Å²) in [6.45, 7) is 3.60. The molecule has 1 amide bonds. The molecule has 136 valence electrons. The van der Waals surface area contributed by atoms with Gasteiger partial charge in [-0.15, -0.1) is 11.3 Å². The fraction of sp³-hybridized carbons (Fsp3) is 0.389. The van der Waals surface area contributed by atoms with Gasteiger partial charge in [0.15, 0.2) is 9.84 Å². The summed E-state index contributed by atoms with van der Waals surface area (Å²) in [5.74, 6) is -0.148. The van der Waals surface area contributed by atoms with Crippen LogP contribution >= 0.6 is 27.3 Å². The van der Waals surface area contributed by atoms with E-state index < -0.39 is 21.1 Å². The van der Waals surface area contributed by atoms with E-state index in [-0.39, 0.29) is 5.91 Å². The molecule has 0 unspecified atom stereocenters. The molecule has 25 heavy (non-hydrogen) atoms. The largest absolute Gasteiger partial charge is 0.348 e. The van der Waals surface area contributed by atoms with Crippen LogP contribution in [0.5, 0.6) is 0 Å². The number of thiophene rings is 1. The Morgan fingerprint density at radius 1 is 1.28 bits per heavy atom. The van der Waals surface area contributed by atoms with Crippen LogP contribution in [0.2, 0.25) is 0 Å². The van der Waals surface area contributed by atoms with E-state index in [9.17, 15) is 13.2 Å². The van der Waals surface area contributed by atoms with Crippen molar-refractivity contribution < 1.29 is 13.2 Å². The number of hydrogen-bond donors (Lipinski definition) is 1. The van der Waals surface area contributed by atoms with Gasteiger partial charge in [-0.05, 0) is 47.8 Å². The summed E-state index contributed by atoms with van der Waals surface area (Å²) in [4.78, 5) is 13.5. The fourth-order valence-electron chi connectivity index (χ4n) is 2.46. The third kappa shape index (κ3) is 5.94. The standard InChI is InChI=1S/C18H22BrNO3S2/c1-12-4-6-14(7-5-12)18(13(2)25(3,22)23)20-17(21)9-8-16-10-15(19)11-24-16/h4-7,10-11,13,18H,8-9H2,1-3H3,(H,20,21)/t13-,18+/m0/s1. The molecule has 7 heteroatoms. The zero-order valence-electron chi connectivity index (χ0n) is 14.5. The molecule has 0 fully saturated rings. The second-order valence-electron chi connectivity index (χ2n) is 6.22. The third-order valence-corrected chi connectivity index (χ3v) is 7.50. The molecule has 1 aromatic carbocycles. The average molecular weight is 444 g/mol. The summed E-state index contributed by atoms with van der Waals surface area (Å²) in [7, 11) is -3.29. The van der Waals surface area contributed by atoms with Gasteiger partial charge in [0, 0.05) is 27.4 Å². The lowest BCUT2D eigenvalue weighted by Gasteiger charge is -2.24. The van der Waals surface area contributed by atoms with Crippen LogP contribution in [-0.2, 0) is 21.1 Å². The smallest absolute Gasteiger partial charge is 0.220 e. The summed E-state index contributed by atoms with van der Waals surface area (Å²) in [5, 5.41) is 4.19. The molecule has 0 radical (unpaired) electrons. The first kappa shape index (κ1) is 20.1. The van der Waals surface area contributed by atoms with Crippen LogP contribution in [0.1, 0.15) is 35.4 Å². The lowest BCUT2D eigenvalue weighted by atomic mass is 10.0. The van der Waals surface area contributed by atoms with E-state index in [1.807, 2.05) is 42.6 Å². The van der Waals surface area contributed by atoms with E-state index in [1.165, 1.54) is 6.26 Å². The van der Waals surface area contributed by atoms with Crippen molar-refractivity contribution in [2.75, 3.05) is 6.26 Å². The van der Waals surface area contributed by atoms with Gasteiger partial charge in [0.2, 0.25) is 5.91 Å². The van der Waals surface area contributed by atoms with Crippen LogP contribution in [0.25, 0.3) is 0 Å². The quantitative estimate of drug-likeness (QED) is 0.701. The molecule has 0 saturated carbocycles. The van der Waals surface area contributed by atoms with Crippen molar-refractivity contribution in [2.45, 2.75) is 38.0 Å². The molecule has 2 rings (SSSR count). The number of sulfone groups is 1.